The van der Waals surface area contributed by atoms with Crippen LogP contribution in [-0.2, 0) is 16.0 Å². The van der Waals surface area contributed by atoms with E-state index in [1.807, 2.05) is 29.2 Å². The molecule has 2 fully saturated rings. The maximum Gasteiger partial charge on any atom is 0.243 e. The van der Waals surface area contributed by atoms with Crippen LogP contribution in [0, 0.1) is 0 Å². The summed E-state index contributed by atoms with van der Waals surface area (Å²) in [6, 6.07) is 7.90. The highest BCUT2D eigenvalue weighted by molar-refractivity contribution is 5.88. The van der Waals surface area contributed by atoms with Crippen LogP contribution >= 0.6 is 0 Å². The zero-order valence-corrected chi connectivity index (χ0v) is 17.2. The average molecular weight is 388 g/mol. The minimum atomic E-state index is -0.444. The number of likely N-dealkylation sites (tertiary alicyclic amines) is 2. The van der Waals surface area contributed by atoms with Crippen molar-refractivity contribution in [1.82, 2.24) is 15.1 Å². The molecule has 0 aromatic heterocycles. The maximum atomic E-state index is 13.1. The Morgan fingerprint density at radius 2 is 1.89 bits per heavy atom. The summed E-state index contributed by atoms with van der Waals surface area (Å²) < 4.78 is 5.17. The molecular weight excluding hydrogens is 354 g/mol. The van der Waals surface area contributed by atoms with Crippen molar-refractivity contribution in [3.05, 3.63) is 29.8 Å². The SMILES string of the molecule is CCCN1CCCC2(CCCN2CC(=O)NCCc2ccc(OC)cc2)C1=O. The zero-order chi connectivity index (χ0) is 20.0. The molecule has 6 heteroatoms. The molecule has 0 saturated carbocycles. The third-order valence-electron chi connectivity index (χ3n) is 6.05. The Morgan fingerprint density at radius 1 is 1.18 bits per heavy atom. The number of methoxy groups -OCH3 is 1. The molecule has 1 spiro atoms. The van der Waals surface area contributed by atoms with E-state index in [2.05, 4.69) is 17.1 Å². The molecule has 28 heavy (non-hydrogen) atoms. The van der Waals surface area contributed by atoms with Crippen molar-refractivity contribution >= 4 is 11.8 Å². The second-order valence-electron chi connectivity index (χ2n) is 7.90. The first-order chi connectivity index (χ1) is 13.6. The molecule has 0 aliphatic carbocycles. The first kappa shape index (κ1) is 20.6. The molecule has 1 aromatic rings. The minimum absolute atomic E-state index is 0.00945. The summed E-state index contributed by atoms with van der Waals surface area (Å²) in [7, 11) is 1.65. The number of carbonyl (C=O) groups is 2. The number of carbonyl (C=O) groups excluding carboxylic acids is 2. The van der Waals surface area contributed by atoms with E-state index in [0.29, 0.717) is 13.1 Å². The largest absolute Gasteiger partial charge is 0.497 e. The van der Waals surface area contributed by atoms with Gasteiger partial charge in [-0.3, -0.25) is 14.5 Å². The fourth-order valence-electron chi connectivity index (χ4n) is 4.61. The van der Waals surface area contributed by atoms with Crippen LogP contribution in [0.15, 0.2) is 24.3 Å². The number of hydrogen-bond donors (Lipinski definition) is 1. The van der Waals surface area contributed by atoms with Crippen LogP contribution in [0.5, 0.6) is 5.75 Å². The van der Waals surface area contributed by atoms with Crippen LogP contribution in [-0.4, -0.2) is 67.0 Å². The molecule has 2 saturated heterocycles. The van der Waals surface area contributed by atoms with Crippen molar-refractivity contribution < 1.29 is 14.3 Å². The normalized spacial score (nSPS) is 22.6. The fraction of sp³-hybridized carbons (Fsp3) is 0.636. The van der Waals surface area contributed by atoms with Crippen LogP contribution < -0.4 is 10.1 Å². The van der Waals surface area contributed by atoms with E-state index in [1.54, 1.807) is 7.11 Å². The van der Waals surface area contributed by atoms with Gasteiger partial charge < -0.3 is 15.0 Å². The predicted octanol–water partition coefficient (Wildman–Crippen LogP) is 2.22. The van der Waals surface area contributed by atoms with E-state index in [4.69, 9.17) is 4.74 Å². The van der Waals surface area contributed by atoms with Gasteiger partial charge in [0.25, 0.3) is 0 Å². The van der Waals surface area contributed by atoms with Gasteiger partial charge >= 0.3 is 0 Å². The second-order valence-corrected chi connectivity index (χ2v) is 7.90. The second kappa shape index (κ2) is 9.41. The van der Waals surface area contributed by atoms with Crippen LogP contribution in [0.3, 0.4) is 0 Å². The Morgan fingerprint density at radius 3 is 2.57 bits per heavy atom. The third-order valence-corrected chi connectivity index (χ3v) is 6.05. The number of nitrogens with one attached hydrogen (secondary N) is 1. The highest BCUT2D eigenvalue weighted by atomic mass is 16.5. The van der Waals surface area contributed by atoms with Gasteiger partial charge in [-0.05, 0) is 62.8 Å². The van der Waals surface area contributed by atoms with E-state index >= 15 is 0 Å². The van der Waals surface area contributed by atoms with Crippen molar-refractivity contribution in [2.24, 2.45) is 0 Å². The molecule has 1 aromatic carbocycles. The molecule has 1 N–H and O–H groups in total. The summed E-state index contributed by atoms with van der Waals surface area (Å²) in [5.41, 5.74) is 0.720. The molecular formula is C22H33N3O3. The highest BCUT2D eigenvalue weighted by Crippen LogP contribution is 2.38. The summed E-state index contributed by atoms with van der Waals surface area (Å²) in [6.07, 6.45) is 5.54. The Bertz CT molecular complexity index is 674. The van der Waals surface area contributed by atoms with Crippen LogP contribution in [0.1, 0.15) is 44.6 Å². The zero-order valence-electron chi connectivity index (χ0n) is 17.2. The standard InChI is InChI=1S/C22H33N3O3/c1-3-14-24-15-4-11-22(21(24)27)12-5-16-25(22)17-20(26)23-13-10-18-6-8-19(28-2)9-7-18/h6-9H,3-5,10-17H2,1-2H3,(H,23,26). The number of benzene rings is 1. The Kier molecular flexibility index (Phi) is 6.94. The van der Waals surface area contributed by atoms with E-state index in [1.165, 1.54) is 0 Å². The molecule has 2 heterocycles. The Hall–Kier alpha value is -2.08. The highest BCUT2D eigenvalue weighted by Gasteiger charge is 2.50. The van der Waals surface area contributed by atoms with Gasteiger partial charge in [-0.1, -0.05) is 19.1 Å². The number of piperidine rings is 1. The molecule has 3 rings (SSSR count). The molecule has 0 radical (unpaired) electrons. The predicted molar refractivity (Wildman–Crippen MR) is 109 cm³/mol. The van der Waals surface area contributed by atoms with E-state index < -0.39 is 5.54 Å². The number of rotatable bonds is 8. The van der Waals surface area contributed by atoms with Crippen molar-refractivity contribution in [2.75, 3.05) is 39.8 Å². The van der Waals surface area contributed by atoms with Crippen molar-refractivity contribution in [2.45, 2.75) is 51.0 Å². The number of hydrogen-bond acceptors (Lipinski definition) is 4. The van der Waals surface area contributed by atoms with Gasteiger partial charge in [0.05, 0.1) is 13.7 Å². The van der Waals surface area contributed by atoms with Gasteiger partial charge in [0.1, 0.15) is 11.3 Å². The molecule has 154 valence electrons. The van der Waals surface area contributed by atoms with Crippen LogP contribution in [0.2, 0.25) is 0 Å². The summed E-state index contributed by atoms with van der Waals surface area (Å²) in [6.45, 7) is 5.53. The number of nitrogens with zero attached hydrogens (tertiary/aromatic N) is 2. The molecule has 2 aliphatic rings. The van der Waals surface area contributed by atoms with Gasteiger partial charge in [-0.15, -0.1) is 0 Å². The first-order valence-corrected chi connectivity index (χ1v) is 10.5. The molecule has 1 atom stereocenters. The Labute approximate surface area is 168 Å². The van der Waals surface area contributed by atoms with E-state index in [-0.39, 0.29) is 11.8 Å². The van der Waals surface area contributed by atoms with Crippen molar-refractivity contribution in [3.8, 4) is 5.75 Å². The summed E-state index contributed by atoms with van der Waals surface area (Å²) >= 11 is 0. The number of ether oxygens (including phenoxy) is 1. The summed E-state index contributed by atoms with van der Waals surface area (Å²) in [4.78, 5) is 29.8. The van der Waals surface area contributed by atoms with Gasteiger partial charge in [0, 0.05) is 19.6 Å². The minimum Gasteiger partial charge on any atom is -0.497 e. The van der Waals surface area contributed by atoms with Gasteiger partial charge in [-0.2, -0.15) is 0 Å². The van der Waals surface area contributed by atoms with Gasteiger partial charge in [0.15, 0.2) is 0 Å². The van der Waals surface area contributed by atoms with Crippen molar-refractivity contribution in [3.63, 3.8) is 0 Å². The monoisotopic (exact) mass is 387 g/mol. The van der Waals surface area contributed by atoms with Crippen LogP contribution in [0.25, 0.3) is 0 Å². The summed E-state index contributed by atoms with van der Waals surface area (Å²) in [5, 5.41) is 3.02. The van der Waals surface area contributed by atoms with E-state index in [9.17, 15) is 9.59 Å². The quantitative estimate of drug-likeness (QED) is 0.743. The average Bonchev–Trinajstić information content (AvgIpc) is 3.09. The molecule has 1 unspecified atom stereocenters. The molecule has 0 bridgehead atoms. The lowest BCUT2D eigenvalue weighted by Crippen LogP contribution is -2.61. The van der Waals surface area contributed by atoms with Gasteiger partial charge in [-0.25, -0.2) is 0 Å². The maximum absolute atomic E-state index is 13.1. The Balaban J connectivity index is 1.51. The van der Waals surface area contributed by atoms with Crippen LogP contribution in [0.4, 0.5) is 0 Å². The molecule has 6 nitrogen and oxygen atoms in total. The first-order valence-electron chi connectivity index (χ1n) is 10.5. The van der Waals surface area contributed by atoms with E-state index in [0.717, 1.165) is 69.5 Å². The lowest BCUT2D eigenvalue weighted by atomic mass is 9.85. The molecule has 2 aliphatic heterocycles. The summed E-state index contributed by atoms with van der Waals surface area (Å²) in [5.74, 6) is 1.08. The fourth-order valence-corrected chi connectivity index (χ4v) is 4.61. The lowest BCUT2D eigenvalue weighted by Gasteiger charge is -2.44. The smallest absolute Gasteiger partial charge is 0.243 e. The van der Waals surface area contributed by atoms with Gasteiger partial charge in [0.2, 0.25) is 11.8 Å². The number of amides is 2. The lowest BCUT2D eigenvalue weighted by molar-refractivity contribution is -0.148. The molecule has 2 amide bonds. The third kappa shape index (κ3) is 4.49. The topological polar surface area (TPSA) is 61.9 Å². The van der Waals surface area contributed by atoms with Crippen molar-refractivity contribution in [1.29, 1.82) is 0 Å².